The van der Waals surface area contributed by atoms with E-state index < -0.39 is 35.9 Å². The second-order valence-electron chi connectivity index (χ2n) is 6.05. The molecule has 122 valence electrons. The third-order valence-corrected chi connectivity index (χ3v) is 2.98. The molecule has 7 nitrogen and oxygen atoms in total. The number of carboxylic acids is 1. The number of carboxylic acid groups (broad SMARTS) is 1. The molecule has 0 unspecified atom stereocenters. The van der Waals surface area contributed by atoms with Gasteiger partial charge < -0.3 is 21.5 Å². The van der Waals surface area contributed by atoms with E-state index >= 15 is 0 Å². The molecular formula is C14H27N3O4. The van der Waals surface area contributed by atoms with E-state index in [1.807, 2.05) is 13.8 Å². The van der Waals surface area contributed by atoms with Gasteiger partial charge in [0, 0.05) is 0 Å². The van der Waals surface area contributed by atoms with Crippen molar-refractivity contribution in [2.24, 2.45) is 17.6 Å². The topological polar surface area (TPSA) is 122 Å². The SMILES string of the molecule is CC(C)C[C@H](NC(=O)[C@H](C)N)C(=O)N[C@H](C(=O)O)C(C)C. The maximum absolute atomic E-state index is 12.2. The van der Waals surface area contributed by atoms with E-state index in [0.29, 0.717) is 6.42 Å². The maximum Gasteiger partial charge on any atom is 0.326 e. The number of rotatable bonds is 8. The van der Waals surface area contributed by atoms with Crippen molar-refractivity contribution < 1.29 is 19.5 Å². The number of carbonyl (C=O) groups is 3. The Hall–Kier alpha value is -1.63. The van der Waals surface area contributed by atoms with Gasteiger partial charge in [0.25, 0.3) is 0 Å². The number of carbonyl (C=O) groups excluding carboxylic acids is 2. The Kier molecular flexibility index (Phi) is 7.94. The van der Waals surface area contributed by atoms with Crippen LogP contribution in [0, 0.1) is 11.8 Å². The maximum atomic E-state index is 12.2. The molecule has 0 heterocycles. The molecule has 0 aliphatic carbocycles. The highest BCUT2D eigenvalue weighted by Gasteiger charge is 2.29. The molecule has 0 saturated carbocycles. The lowest BCUT2D eigenvalue weighted by Crippen LogP contribution is -2.55. The third kappa shape index (κ3) is 7.08. The molecule has 0 aromatic rings. The number of nitrogens with one attached hydrogen (secondary N) is 2. The Morgan fingerprint density at radius 3 is 1.86 bits per heavy atom. The van der Waals surface area contributed by atoms with Gasteiger partial charge in [0.05, 0.1) is 6.04 Å². The highest BCUT2D eigenvalue weighted by molar-refractivity contribution is 5.91. The van der Waals surface area contributed by atoms with Crippen molar-refractivity contribution in [3.63, 3.8) is 0 Å². The Labute approximate surface area is 125 Å². The van der Waals surface area contributed by atoms with Crippen LogP contribution in [-0.2, 0) is 14.4 Å². The van der Waals surface area contributed by atoms with Gasteiger partial charge in [-0.3, -0.25) is 9.59 Å². The van der Waals surface area contributed by atoms with Crippen LogP contribution in [-0.4, -0.2) is 41.0 Å². The van der Waals surface area contributed by atoms with Crippen molar-refractivity contribution >= 4 is 17.8 Å². The van der Waals surface area contributed by atoms with E-state index in [1.54, 1.807) is 13.8 Å². The van der Waals surface area contributed by atoms with E-state index in [4.69, 9.17) is 10.8 Å². The van der Waals surface area contributed by atoms with Crippen molar-refractivity contribution in [1.29, 1.82) is 0 Å². The molecular weight excluding hydrogens is 274 g/mol. The predicted molar refractivity (Wildman–Crippen MR) is 79.4 cm³/mol. The number of aliphatic carboxylic acids is 1. The molecule has 0 bridgehead atoms. The first-order valence-electron chi connectivity index (χ1n) is 7.15. The summed E-state index contributed by atoms with van der Waals surface area (Å²) in [5, 5.41) is 14.1. The summed E-state index contributed by atoms with van der Waals surface area (Å²) in [5.74, 6) is -2.13. The summed E-state index contributed by atoms with van der Waals surface area (Å²) in [6, 6.07) is -2.50. The Morgan fingerprint density at radius 1 is 1.00 bits per heavy atom. The van der Waals surface area contributed by atoms with Crippen LogP contribution in [0.5, 0.6) is 0 Å². The number of hydrogen-bond donors (Lipinski definition) is 4. The second-order valence-corrected chi connectivity index (χ2v) is 6.05. The summed E-state index contributed by atoms with van der Waals surface area (Å²) in [6.45, 7) is 8.76. The zero-order valence-electron chi connectivity index (χ0n) is 13.3. The Morgan fingerprint density at radius 2 is 1.52 bits per heavy atom. The quantitative estimate of drug-likeness (QED) is 0.506. The molecule has 0 aromatic heterocycles. The fourth-order valence-corrected chi connectivity index (χ4v) is 1.77. The summed E-state index contributed by atoms with van der Waals surface area (Å²) < 4.78 is 0. The van der Waals surface area contributed by atoms with E-state index in [-0.39, 0.29) is 11.8 Å². The minimum Gasteiger partial charge on any atom is -0.480 e. The molecule has 0 saturated heterocycles. The first-order valence-corrected chi connectivity index (χ1v) is 7.15. The molecule has 7 heteroatoms. The molecule has 21 heavy (non-hydrogen) atoms. The Bertz CT molecular complexity index is 380. The first-order chi connectivity index (χ1) is 9.56. The van der Waals surface area contributed by atoms with E-state index in [0.717, 1.165) is 0 Å². The molecule has 2 amide bonds. The fraction of sp³-hybridized carbons (Fsp3) is 0.786. The monoisotopic (exact) mass is 301 g/mol. The van der Waals surface area contributed by atoms with Crippen molar-refractivity contribution in [1.82, 2.24) is 10.6 Å². The lowest BCUT2D eigenvalue weighted by Gasteiger charge is -2.24. The zero-order valence-corrected chi connectivity index (χ0v) is 13.3. The minimum absolute atomic E-state index is 0.163. The zero-order chi connectivity index (χ0) is 16.7. The highest BCUT2D eigenvalue weighted by Crippen LogP contribution is 2.08. The summed E-state index contributed by atoms with van der Waals surface area (Å²) in [7, 11) is 0. The van der Waals surface area contributed by atoms with Gasteiger partial charge in [0.1, 0.15) is 12.1 Å². The summed E-state index contributed by atoms with van der Waals surface area (Å²) >= 11 is 0. The van der Waals surface area contributed by atoms with Crippen LogP contribution >= 0.6 is 0 Å². The lowest BCUT2D eigenvalue weighted by atomic mass is 10.0. The molecule has 5 N–H and O–H groups in total. The van der Waals surface area contributed by atoms with Gasteiger partial charge in [-0.2, -0.15) is 0 Å². The summed E-state index contributed by atoms with van der Waals surface area (Å²) in [6.07, 6.45) is 0.411. The molecule has 0 fully saturated rings. The van der Waals surface area contributed by atoms with Gasteiger partial charge in [0.15, 0.2) is 0 Å². The van der Waals surface area contributed by atoms with Crippen LogP contribution in [0.15, 0.2) is 0 Å². The van der Waals surface area contributed by atoms with E-state index in [9.17, 15) is 14.4 Å². The number of hydrogen-bond acceptors (Lipinski definition) is 4. The van der Waals surface area contributed by atoms with Gasteiger partial charge in [-0.25, -0.2) is 4.79 Å². The third-order valence-electron chi connectivity index (χ3n) is 2.98. The molecule has 0 aromatic carbocycles. The highest BCUT2D eigenvalue weighted by atomic mass is 16.4. The molecule has 0 aliphatic rings. The largest absolute Gasteiger partial charge is 0.480 e. The van der Waals surface area contributed by atoms with Crippen LogP contribution in [0.25, 0.3) is 0 Å². The lowest BCUT2D eigenvalue weighted by molar-refractivity contribution is -0.143. The van der Waals surface area contributed by atoms with Crippen LogP contribution in [0.4, 0.5) is 0 Å². The standard InChI is InChI=1S/C14H27N3O4/c1-7(2)6-10(16-12(18)9(5)15)13(19)17-11(8(3)4)14(20)21/h7-11H,6,15H2,1-5H3,(H,16,18)(H,17,19)(H,20,21)/t9-,10-,11-/m0/s1. The fourth-order valence-electron chi connectivity index (χ4n) is 1.77. The van der Waals surface area contributed by atoms with Gasteiger partial charge in [0.2, 0.25) is 11.8 Å². The van der Waals surface area contributed by atoms with Crippen LogP contribution in [0.3, 0.4) is 0 Å². The number of amides is 2. The van der Waals surface area contributed by atoms with Gasteiger partial charge >= 0.3 is 5.97 Å². The van der Waals surface area contributed by atoms with E-state index in [1.165, 1.54) is 6.92 Å². The first kappa shape index (κ1) is 19.4. The summed E-state index contributed by atoms with van der Waals surface area (Å²) in [4.78, 5) is 35.0. The molecule has 0 radical (unpaired) electrons. The molecule has 0 spiro atoms. The average Bonchev–Trinajstić information content (AvgIpc) is 2.32. The predicted octanol–water partition coefficient (Wildman–Crippen LogP) is 0.0899. The Balaban J connectivity index is 4.93. The van der Waals surface area contributed by atoms with Crippen molar-refractivity contribution in [3.8, 4) is 0 Å². The molecule has 3 atom stereocenters. The molecule has 0 rings (SSSR count). The normalized spacial score (nSPS) is 15.4. The van der Waals surface area contributed by atoms with Crippen LogP contribution in [0.2, 0.25) is 0 Å². The van der Waals surface area contributed by atoms with Crippen LogP contribution < -0.4 is 16.4 Å². The van der Waals surface area contributed by atoms with Gasteiger partial charge in [-0.15, -0.1) is 0 Å². The van der Waals surface area contributed by atoms with Crippen LogP contribution in [0.1, 0.15) is 41.0 Å². The average molecular weight is 301 g/mol. The number of nitrogens with two attached hydrogens (primary N) is 1. The summed E-state index contributed by atoms with van der Waals surface area (Å²) in [5.41, 5.74) is 5.48. The van der Waals surface area contributed by atoms with Crippen molar-refractivity contribution in [2.75, 3.05) is 0 Å². The van der Waals surface area contributed by atoms with Gasteiger partial charge in [-0.05, 0) is 25.2 Å². The van der Waals surface area contributed by atoms with E-state index in [2.05, 4.69) is 10.6 Å². The van der Waals surface area contributed by atoms with Gasteiger partial charge in [-0.1, -0.05) is 27.7 Å². The second kappa shape index (κ2) is 8.61. The molecule has 0 aliphatic heterocycles. The minimum atomic E-state index is -1.10. The van der Waals surface area contributed by atoms with Crippen molar-refractivity contribution in [2.45, 2.75) is 59.2 Å². The smallest absolute Gasteiger partial charge is 0.326 e. The van der Waals surface area contributed by atoms with Crippen molar-refractivity contribution in [3.05, 3.63) is 0 Å².